The lowest BCUT2D eigenvalue weighted by Gasteiger charge is -2.12. The Morgan fingerprint density at radius 1 is 0.641 bits per heavy atom. The Morgan fingerprint density at radius 2 is 1.18 bits per heavy atom. The lowest BCUT2D eigenvalue weighted by atomic mass is 9.96. The van der Waals surface area contributed by atoms with Crippen molar-refractivity contribution in [2.75, 3.05) is 0 Å². The molecule has 1 unspecified atom stereocenters. The van der Waals surface area contributed by atoms with E-state index in [1.807, 2.05) is 0 Å². The summed E-state index contributed by atoms with van der Waals surface area (Å²) in [5.41, 5.74) is 4.37. The predicted molar refractivity (Wildman–Crippen MR) is 168 cm³/mol. The fourth-order valence-electron chi connectivity index (χ4n) is 5.93. The third kappa shape index (κ3) is 11.3. The molecule has 3 rings (SSSR count). The fourth-order valence-corrected chi connectivity index (χ4v) is 5.93. The summed E-state index contributed by atoms with van der Waals surface area (Å²) in [5, 5.41) is 0. The SMILES string of the molecule is CCCCCCCCCCCCC[n+]1cc(CC(C)c2ccccc2)n(CCCCC)c1Cc1ccccc1. The number of aromatic nitrogens is 2. The number of hydrogen-bond acceptors (Lipinski definition) is 0. The molecule has 1 atom stereocenters. The van der Waals surface area contributed by atoms with Gasteiger partial charge in [0.15, 0.2) is 0 Å². The van der Waals surface area contributed by atoms with E-state index in [-0.39, 0.29) is 0 Å². The Labute approximate surface area is 240 Å². The Morgan fingerprint density at radius 3 is 1.79 bits per heavy atom. The molecule has 2 nitrogen and oxygen atoms in total. The van der Waals surface area contributed by atoms with E-state index < -0.39 is 0 Å². The first-order valence-corrected chi connectivity index (χ1v) is 16.4. The van der Waals surface area contributed by atoms with Crippen LogP contribution in [-0.2, 0) is 25.9 Å². The summed E-state index contributed by atoms with van der Waals surface area (Å²) < 4.78 is 5.32. The lowest BCUT2D eigenvalue weighted by Crippen LogP contribution is -2.37. The number of imidazole rings is 1. The van der Waals surface area contributed by atoms with Crippen LogP contribution in [-0.4, -0.2) is 4.57 Å². The van der Waals surface area contributed by atoms with Crippen molar-refractivity contribution in [3.8, 4) is 0 Å². The number of unbranched alkanes of at least 4 members (excludes halogenated alkanes) is 12. The van der Waals surface area contributed by atoms with Gasteiger partial charge in [-0.1, -0.05) is 146 Å². The third-order valence-corrected chi connectivity index (χ3v) is 8.37. The molecular formula is C37H57N2+. The maximum absolute atomic E-state index is 2.70. The minimum absolute atomic E-state index is 0.519. The van der Waals surface area contributed by atoms with Gasteiger partial charge in [0.25, 0.3) is 5.82 Å². The highest BCUT2D eigenvalue weighted by molar-refractivity contribution is 5.22. The molecule has 0 aliphatic rings. The molecule has 0 spiro atoms. The van der Waals surface area contributed by atoms with Crippen LogP contribution in [0.3, 0.4) is 0 Å². The Hall–Kier alpha value is -2.35. The molecule has 214 valence electrons. The highest BCUT2D eigenvalue weighted by Gasteiger charge is 2.25. The van der Waals surface area contributed by atoms with Crippen LogP contribution in [0.1, 0.15) is 139 Å². The summed E-state index contributed by atoms with van der Waals surface area (Å²) in [5.74, 6) is 2.02. The summed E-state index contributed by atoms with van der Waals surface area (Å²) in [6.45, 7) is 9.29. The van der Waals surface area contributed by atoms with Crippen LogP contribution in [0.5, 0.6) is 0 Å². The van der Waals surface area contributed by atoms with E-state index >= 15 is 0 Å². The highest BCUT2D eigenvalue weighted by Crippen LogP contribution is 2.22. The zero-order chi connectivity index (χ0) is 27.5. The van der Waals surface area contributed by atoms with Gasteiger partial charge >= 0.3 is 0 Å². The molecule has 0 saturated heterocycles. The van der Waals surface area contributed by atoms with Crippen LogP contribution in [0.4, 0.5) is 0 Å². The molecule has 2 aromatic carbocycles. The molecule has 0 aliphatic carbocycles. The first-order valence-electron chi connectivity index (χ1n) is 16.4. The van der Waals surface area contributed by atoms with E-state index in [1.165, 1.54) is 113 Å². The number of hydrogen-bond donors (Lipinski definition) is 0. The summed E-state index contributed by atoms with van der Waals surface area (Å²) in [4.78, 5) is 0. The van der Waals surface area contributed by atoms with Gasteiger partial charge in [0, 0.05) is 6.42 Å². The monoisotopic (exact) mass is 529 g/mol. The summed E-state index contributed by atoms with van der Waals surface area (Å²) in [7, 11) is 0. The van der Waals surface area contributed by atoms with E-state index in [9.17, 15) is 0 Å². The first-order chi connectivity index (χ1) is 19.2. The molecular weight excluding hydrogens is 472 g/mol. The number of rotatable bonds is 21. The number of nitrogens with zero attached hydrogens (tertiary/aromatic N) is 2. The minimum atomic E-state index is 0.519. The van der Waals surface area contributed by atoms with Gasteiger partial charge in [0.2, 0.25) is 0 Å². The predicted octanol–water partition coefficient (Wildman–Crippen LogP) is 10.2. The third-order valence-electron chi connectivity index (χ3n) is 8.37. The molecule has 39 heavy (non-hydrogen) atoms. The highest BCUT2D eigenvalue weighted by atomic mass is 15.2. The smallest absolute Gasteiger partial charge is 0.234 e. The van der Waals surface area contributed by atoms with Crippen molar-refractivity contribution < 1.29 is 4.57 Å². The van der Waals surface area contributed by atoms with Gasteiger partial charge < -0.3 is 0 Å². The maximum atomic E-state index is 2.70. The second-order valence-corrected chi connectivity index (χ2v) is 11.8. The molecule has 0 bridgehead atoms. The lowest BCUT2D eigenvalue weighted by molar-refractivity contribution is -0.704. The van der Waals surface area contributed by atoms with Crippen LogP contribution < -0.4 is 4.57 Å². The quantitative estimate of drug-likeness (QED) is 0.0958. The van der Waals surface area contributed by atoms with E-state index in [1.54, 1.807) is 0 Å². The molecule has 1 heterocycles. The second kappa shape index (κ2) is 18.9. The van der Waals surface area contributed by atoms with Gasteiger partial charge in [-0.05, 0) is 42.7 Å². The summed E-state index contributed by atoms with van der Waals surface area (Å²) >= 11 is 0. The average molecular weight is 530 g/mol. The van der Waals surface area contributed by atoms with Crippen LogP contribution in [0.2, 0.25) is 0 Å². The van der Waals surface area contributed by atoms with Gasteiger partial charge in [-0.3, -0.25) is 0 Å². The van der Waals surface area contributed by atoms with Crippen molar-refractivity contribution in [3.63, 3.8) is 0 Å². The van der Waals surface area contributed by atoms with Crippen LogP contribution in [0.25, 0.3) is 0 Å². The molecule has 1 aromatic heterocycles. The summed E-state index contributed by atoms with van der Waals surface area (Å²) in [6, 6.07) is 22.2. The van der Waals surface area contributed by atoms with Gasteiger partial charge in [0.1, 0.15) is 11.9 Å². The zero-order valence-electron chi connectivity index (χ0n) is 25.6. The van der Waals surface area contributed by atoms with Crippen molar-refractivity contribution in [1.29, 1.82) is 0 Å². The standard InChI is InChI=1S/C37H57N2/c1-4-6-8-9-10-11-12-13-14-15-23-28-38-32-36(30-33(3)35-26-20-17-21-27-35)39(29-22-7-5-2)37(38)31-34-24-18-16-19-25-34/h16-21,24-27,32-33H,4-15,22-23,28-31H2,1-3H3/q+1. The molecule has 0 fully saturated rings. The van der Waals surface area contributed by atoms with Crippen molar-refractivity contribution in [2.24, 2.45) is 0 Å². The zero-order valence-corrected chi connectivity index (χ0v) is 25.6. The molecule has 2 heteroatoms. The van der Waals surface area contributed by atoms with E-state index in [4.69, 9.17) is 0 Å². The van der Waals surface area contributed by atoms with Crippen LogP contribution in [0, 0.1) is 0 Å². The average Bonchev–Trinajstić information content (AvgIpc) is 3.28. The van der Waals surface area contributed by atoms with Gasteiger partial charge in [-0.15, -0.1) is 0 Å². The van der Waals surface area contributed by atoms with Crippen molar-refractivity contribution >= 4 is 0 Å². The van der Waals surface area contributed by atoms with Crippen molar-refractivity contribution in [1.82, 2.24) is 4.57 Å². The molecule has 0 amide bonds. The largest absolute Gasteiger partial charge is 0.261 e. The fraction of sp³-hybridized carbons (Fsp3) is 0.595. The first kappa shape index (κ1) is 31.2. The van der Waals surface area contributed by atoms with Gasteiger partial charge in [-0.25, -0.2) is 9.13 Å². The molecule has 0 N–H and O–H groups in total. The van der Waals surface area contributed by atoms with Gasteiger partial charge in [0.05, 0.1) is 19.5 Å². The Balaban J connectivity index is 1.66. The maximum Gasteiger partial charge on any atom is 0.261 e. The molecule has 0 radical (unpaired) electrons. The second-order valence-electron chi connectivity index (χ2n) is 11.8. The minimum Gasteiger partial charge on any atom is -0.234 e. The van der Waals surface area contributed by atoms with Crippen LogP contribution in [0.15, 0.2) is 66.9 Å². The number of benzene rings is 2. The van der Waals surface area contributed by atoms with E-state index in [2.05, 4.69) is 96.8 Å². The normalized spacial score (nSPS) is 12.2. The Kier molecular flexibility index (Phi) is 15.1. The topological polar surface area (TPSA) is 8.81 Å². The van der Waals surface area contributed by atoms with Gasteiger partial charge in [-0.2, -0.15) is 0 Å². The Bertz CT molecular complexity index is 1000. The van der Waals surface area contributed by atoms with E-state index in [0.29, 0.717) is 5.92 Å². The number of aryl methyl sites for hydroxylation is 1. The van der Waals surface area contributed by atoms with Crippen LogP contribution >= 0.6 is 0 Å². The molecule has 3 aromatic rings. The summed E-state index contributed by atoms with van der Waals surface area (Å²) in [6.07, 6.45) is 23.8. The van der Waals surface area contributed by atoms with E-state index in [0.717, 1.165) is 25.9 Å². The molecule has 0 saturated carbocycles. The van der Waals surface area contributed by atoms with Crippen molar-refractivity contribution in [3.05, 3.63) is 89.5 Å². The molecule has 0 aliphatic heterocycles. The van der Waals surface area contributed by atoms with Crippen molar-refractivity contribution in [2.45, 2.75) is 143 Å².